The van der Waals surface area contributed by atoms with Crippen LogP contribution in [0.5, 0.6) is 5.75 Å². The standard InChI is InChI=1S/C29H49N5O3S/c1-23-21-27(37-4)22-24(2)29(23)38(36)31(3)14-11-28(35)30-25-7-17-34(18-8-25)26-9-15-33(16-10-26)20-19-32-12-5-6-13-32/h21-22,25-26H,5-20H2,1-4H3,(H,30,35). The molecule has 1 unspecified atom stereocenters. The fourth-order valence-electron chi connectivity index (χ4n) is 6.31. The molecule has 0 aliphatic carbocycles. The predicted octanol–water partition coefficient (Wildman–Crippen LogP) is 2.80. The second kappa shape index (κ2) is 14.2. The Hall–Kier alpha value is -1.52. The van der Waals surface area contributed by atoms with Crippen molar-refractivity contribution in [3.05, 3.63) is 23.3 Å². The summed E-state index contributed by atoms with van der Waals surface area (Å²) < 4.78 is 20.2. The van der Waals surface area contributed by atoms with E-state index in [1.54, 1.807) is 11.4 Å². The zero-order chi connectivity index (χ0) is 27.1. The van der Waals surface area contributed by atoms with Crippen LogP contribution in [0.15, 0.2) is 17.0 Å². The highest BCUT2D eigenvalue weighted by molar-refractivity contribution is 7.82. The fourth-order valence-corrected chi connectivity index (χ4v) is 7.55. The van der Waals surface area contributed by atoms with E-state index in [2.05, 4.69) is 20.0 Å². The highest BCUT2D eigenvalue weighted by Gasteiger charge is 2.29. The maximum Gasteiger partial charge on any atom is 0.221 e. The molecule has 214 valence electrons. The maximum absolute atomic E-state index is 13.1. The Balaban J connectivity index is 1.12. The van der Waals surface area contributed by atoms with Gasteiger partial charge >= 0.3 is 0 Å². The van der Waals surface area contributed by atoms with Crippen LogP contribution < -0.4 is 10.1 Å². The molecule has 0 aromatic heterocycles. The van der Waals surface area contributed by atoms with Gasteiger partial charge in [0.15, 0.2) is 0 Å². The Morgan fingerprint density at radius 1 is 0.974 bits per heavy atom. The van der Waals surface area contributed by atoms with Crippen molar-refractivity contribution in [1.82, 2.24) is 24.3 Å². The number of methoxy groups -OCH3 is 1. The number of rotatable bonds is 11. The Kier molecular flexibility index (Phi) is 11.0. The van der Waals surface area contributed by atoms with Gasteiger partial charge in [0.05, 0.1) is 12.0 Å². The summed E-state index contributed by atoms with van der Waals surface area (Å²) in [5.74, 6) is 0.828. The Morgan fingerprint density at radius 2 is 1.55 bits per heavy atom. The average molecular weight is 548 g/mol. The van der Waals surface area contributed by atoms with Crippen molar-refractivity contribution in [2.24, 2.45) is 0 Å². The van der Waals surface area contributed by atoms with Gasteiger partial charge in [0.2, 0.25) is 5.91 Å². The van der Waals surface area contributed by atoms with Crippen LogP contribution >= 0.6 is 0 Å². The number of carbonyl (C=O) groups excluding carboxylic acids is 1. The molecule has 0 saturated carbocycles. The molecule has 4 rings (SSSR count). The van der Waals surface area contributed by atoms with Crippen LogP contribution in [0.2, 0.25) is 0 Å². The number of nitrogens with zero attached hydrogens (tertiary/aromatic N) is 4. The average Bonchev–Trinajstić information content (AvgIpc) is 3.44. The van der Waals surface area contributed by atoms with Gasteiger partial charge in [-0.05, 0) is 102 Å². The number of aryl methyl sites for hydroxylation is 2. The number of hydrogen-bond donors (Lipinski definition) is 1. The molecule has 0 bridgehead atoms. The van der Waals surface area contributed by atoms with Crippen LogP contribution in [0.25, 0.3) is 0 Å². The zero-order valence-electron chi connectivity index (χ0n) is 24.0. The van der Waals surface area contributed by atoms with E-state index in [0.717, 1.165) is 47.7 Å². The number of carbonyl (C=O) groups is 1. The highest BCUT2D eigenvalue weighted by Crippen LogP contribution is 2.26. The number of benzene rings is 1. The molecule has 8 nitrogen and oxygen atoms in total. The smallest absolute Gasteiger partial charge is 0.221 e. The lowest BCUT2D eigenvalue weighted by molar-refractivity contribution is -0.122. The minimum atomic E-state index is -1.31. The van der Waals surface area contributed by atoms with Crippen molar-refractivity contribution in [2.45, 2.75) is 75.8 Å². The molecule has 1 aromatic carbocycles. The fraction of sp³-hybridized carbons (Fsp3) is 0.759. The summed E-state index contributed by atoms with van der Waals surface area (Å²) in [6.07, 6.45) is 7.69. The van der Waals surface area contributed by atoms with Crippen molar-refractivity contribution in [2.75, 3.05) is 73.1 Å². The first-order chi connectivity index (χ1) is 18.3. The number of ether oxygens (including phenoxy) is 1. The van der Waals surface area contributed by atoms with Crippen molar-refractivity contribution >= 4 is 16.9 Å². The summed E-state index contributed by atoms with van der Waals surface area (Å²) in [5, 5.41) is 3.24. The lowest BCUT2D eigenvalue weighted by Crippen LogP contribution is -2.51. The van der Waals surface area contributed by atoms with Crippen molar-refractivity contribution < 1.29 is 13.7 Å². The van der Waals surface area contributed by atoms with Gasteiger partial charge in [-0.3, -0.25) is 4.79 Å². The second-order valence-electron chi connectivity index (χ2n) is 11.4. The minimum Gasteiger partial charge on any atom is -0.497 e. The topological polar surface area (TPSA) is 68.4 Å². The van der Waals surface area contributed by atoms with E-state index in [9.17, 15) is 9.00 Å². The van der Waals surface area contributed by atoms with E-state index in [1.807, 2.05) is 33.0 Å². The quantitative estimate of drug-likeness (QED) is 0.460. The van der Waals surface area contributed by atoms with Gasteiger partial charge in [0.25, 0.3) is 0 Å². The Labute approximate surface area is 232 Å². The molecule has 3 aliphatic rings. The molecule has 3 heterocycles. The van der Waals surface area contributed by atoms with Gasteiger partial charge in [-0.1, -0.05) is 0 Å². The van der Waals surface area contributed by atoms with Gasteiger partial charge in [-0.15, -0.1) is 0 Å². The molecule has 1 N–H and O–H groups in total. The first-order valence-electron chi connectivity index (χ1n) is 14.6. The van der Waals surface area contributed by atoms with E-state index in [1.165, 1.54) is 65.0 Å². The van der Waals surface area contributed by atoms with E-state index in [-0.39, 0.29) is 11.9 Å². The molecular formula is C29H49N5O3S. The summed E-state index contributed by atoms with van der Waals surface area (Å²) in [5.41, 5.74) is 1.88. The third-order valence-electron chi connectivity index (χ3n) is 8.68. The first kappa shape index (κ1) is 29.5. The number of nitrogens with one attached hydrogen (secondary N) is 1. The number of amides is 1. The minimum absolute atomic E-state index is 0.0572. The van der Waals surface area contributed by atoms with Crippen molar-refractivity contribution in [3.63, 3.8) is 0 Å². The molecule has 3 saturated heterocycles. The third kappa shape index (κ3) is 8.01. The molecule has 3 aliphatic heterocycles. The van der Waals surface area contributed by atoms with Gasteiger partial charge in [0, 0.05) is 58.3 Å². The lowest BCUT2D eigenvalue weighted by Gasteiger charge is -2.42. The summed E-state index contributed by atoms with van der Waals surface area (Å²) in [6.45, 7) is 14.0. The van der Waals surface area contributed by atoms with E-state index in [0.29, 0.717) is 19.0 Å². The Morgan fingerprint density at radius 3 is 2.13 bits per heavy atom. The number of likely N-dealkylation sites (tertiary alicyclic amines) is 3. The van der Waals surface area contributed by atoms with Crippen molar-refractivity contribution in [3.8, 4) is 5.75 Å². The summed E-state index contributed by atoms with van der Waals surface area (Å²) >= 11 is 0. The highest BCUT2D eigenvalue weighted by atomic mass is 32.2. The number of piperidine rings is 2. The molecular weight excluding hydrogens is 498 g/mol. The lowest BCUT2D eigenvalue weighted by atomic mass is 9.97. The van der Waals surface area contributed by atoms with Gasteiger partial charge in [-0.2, -0.15) is 0 Å². The molecule has 9 heteroatoms. The monoisotopic (exact) mass is 547 g/mol. The number of hydrogen-bond acceptors (Lipinski definition) is 6. The first-order valence-corrected chi connectivity index (χ1v) is 15.7. The SMILES string of the molecule is COc1cc(C)c(S(=O)N(C)CCC(=O)NC2CCN(C3CCN(CCN4CCCC4)CC3)CC2)c(C)c1. The van der Waals surface area contributed by atoms with E-state index >= 15 is 0 Å². The Bertz CT molecular complexity index is 915. The van der Waals surface area contributed by atoms with Crippen LogP contribution in [0, 0.1) is 13.8 Å². The third-order valence-corrected chi connectivity index (χ3v) is 10.4. The summed E-state index contributed by atoms with van der Waals surface area (Å²) in [6, 6.07) is 4.77. The maximum atomic E-state index is 13.1. The van der Waals surface area contributed by atoms with Gasteiger partial charge in [-0.25, -0.2) is 8.51 Å². The normalized spacial score (nSPS) is 21.7. The molecule has 3 fully saturated rings. The molecule has 1 atom stereocenters. The molecule has 0 spiro atoms. The molecule has 1 aromatic rings. The molecule has 0 radical (unpaired) electrons. The van der Waals surface area contributed by atoms with Crippen LogP contribution in [0.3, 0.4) is 0 Å². The van der Waals surface area contributed by atoms with Crippen LogP contribution in [-0.4, -0.2) is 114 Å². The van der Waals surface area contributed by atoms with E-state index < -0.39 is 11.0 Å². The largest absolute Gasteiger partial charge is 0.497 e. The predicted molar refractivity (Wildman–Crippen MR) is 154 cm³/mol. The second-order valence-corrected chi connectivity index (χ2v) is 13.0. The van der Waals surface area contributed by atoms with Gasteiger partial charge < -0.3 is 24.8 Å². The molecule has 38 heavy (non-hydrogen) atoms. The summed E-state index contributed by atoms with van der Waals surface area (Å²) in [7, 11) is 2.15. The van der Waals surface area contributed by atoms with Gasteiger partial charge in [0.1, 0.15) is 16.7 Å². The zero-order valence-corrected chi connectivity index (χ0v) is 24.9. The van der Waals surface area contributed by atoms with E-state index in [4.69, 9.17) is 4.74 Å². The van der Waals surface area contributed by atoms with Crippen LogP contribution in [-0.2, 0) is 15.8 Å². The van der Waals surface area contributed by atoms with Crippen molar-refractivity contribution in [1.29, 1.82) is 0 Å². The molecule has 1 amide bonds. The van der Waals surface area contributed by atoms with Crippen LogP contribution in [0.1, 0.15) is 56.1 Å². The van der Waals surface area contributed by atoms with Crippen LogP contribution in [0.4, 0.5) is 0 Å². The summed E-state index contributed by atoms with van der Waals surface area (Å²) in [4.78, 5) is 21.4.